The van der Waals surface area contributed by atoms with E-state index in [9.17, 15) is 4.39 Å². The fourth-order valence-electron chi connectivity index (χ4n) is 1.52. The summed E-state index contributed by atoms with van der Waals surface area (Å²) in [5.41, 5.74) is 0. The third kappa shape index (κ3) is 2.54. The van der Waals surface area contributed by atoms with Crippen molar-refractivity contribution in [1.82, 2.24) is 9.97 Å². The topological polar surface area (TPSA) is 38.2 Å². The zero-order valence-corrected chi connectivity index (χ0v) is 8.87. The van der Waals surface area contributed by atoms with E-state index in [0.717, 1.165) is 19.2 Å². The summed E-state index contributed by atoms with van der Waals surface area (Å²) in [6, 6.07) is 0. The minimum atomic E-state index is -0.443. The number of aromatic nitrogens is 2. The quantitative estimate of drug-likeness (QED) is 0.687. The van der Waals surface area contributed by atoms with E-state index < -0.39 is 5.82 Å². The highest BCUT2D eigenvalue weighted by atomic mass is 35.5. The molecule has 1 aromatic heterocycles. The minimum absolute atomic E-state index is 0.0663. The van der Waals surface area contributed by atoms with Gasteiger partial charge in [0.2, 0.25) is 5.28 Å². The van der Waals surface area contributed by atoms with Gasteiger partial charge in [0.05, 0.1) is 12.8 Å². The number of hydrogen-bond acceptors (Lipinski definition) is 4. The number of anilines is 1. The van der Waals surface area contributed by atoms with Crippen molar-refractivity contribution in [2.75, 3.05) is 31.2 Å². The lowest BCUT2D eigenvalue weighted by Crippen LogP contribution is -2.28. The van der Waals surface area contributed by atoms with Crippen LogP contribution in [0.4, 0.5) is 10.2 Å². The van der Waals surface area contributed by atoms with Crippen molar-refractivity contribution in [2.45, 2.75) is 6.42 Å². The van der Waals surface area contributed by atoms with Crippen molar-refractivity contribution < 1.29 is 9.13 Å². The number of ether oxygens (including phenoxy) is 1. The van der Waals surface area contributed by atoms with Crippen LogP contribution in [0, 0.1) is 5.82 Å². The molecule has 0 N–H and O–H groups in total. The van der Waals surface area contributed by atoms with Gasteiger partial charge in [-0.3, -0.25) is 0 Å². The average Bonchev–Trinajstić information content (AvgIpc) is 2.50. The molecule has 0 saturated carbocycles. The first kappa shape index (κ1) is 10.6. The number of hydrogen-bond donors (Lipinski definition) is 0. The molecule has 1 aliphatic rings. The monoisotopic (exact) mass is 231 g/mol. The smallest absolute Gasteiger partial charge is 0.224 e. The largest absolute Gasteiger partial charge is 0.380 e. The Bertz CT molecular complexity index is 342. The highest BCUT2D eigenvalue weighted by Gasteiger charge is 2.16. The number of nitrogens with zero attached hydrogens (tertiary/aromatic N) is 3. The van der Waals surface area contributed by atoms with Crippen molar-refractivity contribution in [3.05, 3.63) is 17.3 Å². The van der Waals surface area contributed by atoms with Gasteiger partial charge in [-0.05, 0) is 18.0 Å². The Kier molecular flexibility index (Phi) is 3.33. The molecule has 0 unspecified atom stereocenters. The molecule has 0 bridgehead atoms. The van der Waals surface area contributed by atoms with Crippen molar-refractivity contribution >= 4 is 17.4 Å². The van der Waals surface area contributed by atoms with E-state index >= 15 is 0 Å². The van der Waals surface area contributed by atoms with Crippen LogP contribution in [0.2, 0.25) is 5.28 Å². The van der Waals surface area contributed by atoms with Gasteiger partial charge in [0.25, 0.3) is 0 Å². The van der Waals surface area contributed by atoms with Crippen molar-refractivity contribution in [3.63, 3.8) is 0 Å². The van der Waals surface area contributed by atoms with Gasteiger partial charge < -0.3 is 9.64 Å². The summed E-state index contributed by atoms with van der Waals surface area (Å²) in [7, 11) is 0. The summed E-state index contributed by atoms with van der Waals surface area (Å²) >= 11 is 5.63. The second kappa shape index (κ2) is 4.72. The van der Waals surface area contributed by atoms with E-state index in [-0.39, 0.29) is 11.1 Å². The van der Waals surface area contributed by atoms with Crippen LogP contribution in [0.1, 0.15) is 6.42 Å². The van der Waals surface area contributed by atoms with Crippen molar-refractivity contribution in [2.24, 2.45) is 0 Å². The Labute approximate surface area is 92.0 Å². The van der Waals surface area contributed by atoms with Crippen LogP contribution in [0.3, 0.4) is 0 Å². The molecule has 0 aromatic carbocycles. The maximum atomic E-state index is 13.4. The normalized spacial score (nSPS) is 17.6. The number of rotatable bonds is 1. The fourth-order valence-corrected chi connectivity index (χ4v) is 1.65. The Balaban J connectivity index is 2.22. The lowest BCUT2D eigenvalue weighted by molar-refractivity contribution is 0.152. The second-order valence-corrected chi connectivity index (χ2v) is 3.60. The lowest BCUT2D eigenvalue weighted by atomic mass is 10.4. The molecule has 2 rings (SSSR count). The van der Waals surface area contributed by atoms with Gasteiger partial charge in [0, 0.05) is 19.7 Å². The molecule has 1 aromatic rings. The predicted octanol–water partition coefficient (Wildman–Crippen LogP) is 1.50. The highest BCUT2D eigenvalue weighted by Crippen LogP contribution is 2.18. The van der Waals surface area contributed by atoms with Crippen molar-refractivity contribution in [3.8, 4) is 0 Å². The van der Waals surface area contributed by atoms with Gasteiger partial charge in [0.1, 0.15) is 0 Å². The van der Waals surface area contributed by atoms with Gasteiger partial charge in [-0.2, -0.15) is 4.98 Å². The third-order valence-corrected chi connectivity index (χ3v) is 2.40. The molecule has 82 valence electrons. The maximum Gasteiger partial charge on any atom is 0.224 e. The standard InChI is InChI=1S/C9H11ClFN3O/c10-9-12-6-7(11)8(13-9)14-2-1-4-15-5-3-14/h6H,1-5H2. The SMILES string of the molecule is Fc1cnc(Cl)nc1N1CCCOCC1. The molecular formula is C9H11ClFN3O. The zero-order valence-electron chi connectivity index (χ0n) is 8.12. The first-order valence-corrected chi connectivity index (χ1v) is 5.16. The average molecular weight is 232 g/mol. The second-order valence-electron chi connectivity index (χ2n) is 3.26. The molecule has 1 saturated heterocycles. The van der Waals surface area contributed by atoms with Crippen molar-refractivity contribution in [1.29, 1.82) is 0 Å². The third-order valence-electron chi connectivity index (χ3n) is 2.22. The number of halogens is 2. The molecule has 0 spiro atoms. The van der Waals surface area contributed by atoms with Crippen LogP contribution in [-0.2, 0) is 4.74 Å². The van der Waals surface area contributed by atoms with E-state index in [1.165, 1.54) is 0 Å². The molecule has 15 heavy (non-hydrogen) atoms. The molecule has 1 aliphatic heterocycles. The fraction of sp³-hybridized carbons (Fsp3) is 0.556. The van der Waals surface area contributed by atoms with Gasteiger partial charge in [0.15, 0.2) is 11.6 Å². The van der Waals surface area contributed by atoms with E-state index in [1.54, 1.807) is 0 Å². The van der Waals surface area contributed by atoms with E-state index in [0.29, 0.717) is 19.8 Å². The molecule has 0 amide bonds. The van der Waals surface area contributed by atoms with Gasteiger partial charge in [-0.15, -0.1) is 0 Å². The van der Waals surface area contributed by atoms with Crippen LogP contribution < -0.4 is 4.90 Å². The molecule has 2 heterocycles. The summed E-state index contributed by atoms with van der Waals surface area (Å²) < 4.78 is 18.7. The summed E-state index contributed by atoms with van der Waals surface area (Å²) in [5.74, 6) is -0.179. The predicted molar refractivity (Wildman–Crippen MR) is 54.6 cm³/mol. The Hall–Kier alpha value is -0.940. The van der Waals surface area contributed by atoms with Crippen LogP contribution in [0.15, 0.2) is 6.20 Å². The molecule has 0 atom stereocenters. The summed E-state index contributed by atoms with van der Waals surface area (Å²) in [5, 5.41) is 0.0663. The molecule has 4 nitrogen and oxygen atoms in total. The summed E-state index contributed by atoms with van der Waals surface area (Å²) in [6.07, 6.45) is 1.96. The van der Waals surface area contributed by atoms with Gasteiger partial charge >= 0.3 is 0 Å². The highest BCUT2D eigenvalue weighted by molar-refractivity contribution is 6.28. The first-order chi connectivity index (χ1) is 7.27. The van der Waals surface area contributed by atoms with E-state index in [1.807, 2.05) is 4.90 Å². The Morgan fingerprint density at radius 2 is 2.27 bits per heavy atom. The molecule has 1 fully saturated rings. The lowest BCUT2D eigenvalue weighted by Gasteiger charge is -2.20. The Morgan fingerprint density at radius 3 is 3.13 bits per heavy atom. The maximum absolute atomic E-state index is 13.4. The molecule has 0 radical (unpaired) electrons. The van der Waals surface area contributed by atoms with E-state index in [2.05, 4.69) is 9.97 Å². The van der Waals surface area contributed by atoms with Gasteiger partial charge in [-0.1, -0.05) is 0 Å². The minimum Gasteiger partial charge on any atom is -0.380 e. The molecular weight excluding hydrogens is 221 g/mol. The van der Waals surface area contributed by atoms with Crippen LogP contribution in [0.5, 0.6) is 0 Å². The van der Waals surface area contributed by atoms with Crippen LogP contribution >= 0.6 is 11.6 Å². The zero-order chi connectivity index (χ0) is 10.7. The molecule has 6 heteroatoms. The Morgan fingerprint density at radius 1 is 1.40 bits per heavy atom. The summed E-state index contributed by atoms with van der Waals surface area (Å²) in [6.45, 7) is 2.65. The summed E-state index contributed by atoms with van der Waals surface area (Å²) in [4.78, 5) is 9.30. The van der Waals surface area contributed by atoms with Crippen LogP contribution in [0.25, 0.3) is 0 Å². The van der Waals surface area contributed by atoms with Gasteiger partial charge in [-0.25, -0.2) is 9.37 Å². The molecule has 0 aliphatic carbocycles. The van der Waals surface area contributed by atoms with Crippen LogP contribution in [-0.4, -0.2) is 36.3 Å². The first-order valence-electron chi connectivity index (χ1n) is 4.78. The van der Waals surface area contributed by atoms with E-state index in [4.69, 9.17) is 16.3 Å².